The lowest BCUT2D eigenvalue weighted by Crippen LogP contribution is -2.17. The zero-order chi connectivity index (χ0) is 60.2. The van der Waals surface area contributed by atoms with Crippen molar-refractivity contribution in [2.24, 2.45) is 0 Å². The van der Waals surface area contributed by atoms with Gasteiger partial charge in [-0.3, -0.25) is 0 Å². The van der Waals surface area contributed by atoms with Gasteiger partial charge in [0.2, 0.25) is 0 Å². The summed E-state index contributed by atoms with van der Waals surface area (Å²) in [4.78, 5) is 4.89. The van der Waals surface area contributed by atoms with E-state index in [1.165, 1.54) is 143 Å². The fourth-order valence-corrected chi connectivity index (χ4v) is 15.0. The summed E-state index contributed by atoms with van der Waals surface area (Å²) in [7, 11) is 0. The number of hydrogen-bond donors (Lipinski definition) is 0. The summed E-state index contributed by atoms with van der Waals surface area (Å²) in [6.07, 6.45) is 9.09. The molecule has 15 aromatic carbocycles. The Balaban J connectivity index is 0.618. The van der Waals surface area contributed by atoms with E-state index >= 15 is 0 Å². The molecule has 17 rings (SSSR count). The van der Waals surface area contributed by atoms with Crippen LogP contribution in [0.25, 0.3) is 111 Å². The number of benzene rings is 15. The lowest BCUT2D eigenvalue weighted by molar-refractivity contribution is 0.660. The number of anilines is 6. The molecule has 0 saturated heterocycles. The molecule has 0 aromatic heterocycles. The molecule has 0 amide bonds. The fraction of sp³-hybridized carbons (Fsp3) is 0.0682. The average Bonchev–Trinajstić information content (AvgIpc) is 1.56. The van der Waals surface area contributed by atoms with Crippen molar-refractivity contribution in [3.63, 3.8) is 0 Å². The van der Waals surface area contributed by atoms with E-state index in [0.29, 0.717) is 0 Å². The quantitative estimate of drug-likeness (QED) is 0.0995. The Bertz CT molecular complexity index is 5170. The predicted molar refractivity (Wildman–Crippen MR) is 387 cm³/mol. The van der Waals surface area contributed by atoms with Gasteiger partial charge in [0.25, 0.3) is 0 Å². The standard InChI is InChI=1S/C88H64N2/c1-87(2)81-51-59(33-45-77(81)79-47-41-71(55-83(79)87)89(69-39-37-61-15-5-7-19-65(61)53-69)85-25-13-21-63-17-9-11-23-75(63)85)29-27-57-31-43-73-67(49-57)35-36-68-50-58(32-44-74(68)73)28-30-60-34-46-78-80-48-42-72(56-84(80)88(3,4)82(78)52-60)90(70-40-38-62-16-6-8-20-66(62)54-70)86-26-14-22-64-18-10-12-24-76(64)86/h5-56H,1-4H3/b29-27+,30-28+. The minimum absolute atomic E-state index is 0.209. The molecule has 0 spiro atoms. The number of hydrogen-bond acceptors (Lipinski definition) is 2. The van der Waals surface area contributed by atoms with Crippen LogP contribution in [-0.4, -0.2) is 0 Å². The smallest absolute Gasteiger partial charge is 0.0540 e. The van der Waals surface area contributed by atoms with E-state index in [2.05, 4.69) is 353 Å². The number of rotatable bonds is 10. The minimum Gasteiger partial charge on any atom is -0.310 e. The zero-order valence-electron chi connectivity index (χ0n) is 50.9. The number of fused-ring (bicyclic) bond motifs is 13. The number of nitrogens with zero attached hydrogens (tertiary/aromatic N) is 2. The highest BCUT2D eigenvalue weighted by atomic mass is 15.1. The first-order valence-electron chi connectivity index (χ1n) is 31.5. The molecule has 0 radical (unpaired) electrons. The third-order valence-corrected chi connectivity index (χ3v) is 19.7. The first-order valence-corrected chi connectivity index (χ1v) is 31.5. The molecular weight excluding hydrogens is 1080 g/mol. The van der Waals surface area contributed by atoms with Gasteiger partial charge in [0.05, 0.1) is 11.4 Å². The van der Waals surface area contributed by atoms with Gasteiger partial charge in [0.1, 0.15) is 0 Å². The highest BCUT2D eigenvalue weighted by Gasteiger charge is 2.38. The molecule has 0 fully saturated rings. The van der Waals surface area contributed by atoms with E-state index in [-0.39, 0.29) is 10.8 Å². The van der Waals surface area contributed by atoms with Crippen LogP contribution in [0.1, 0.15) is 72.2 Å². The topological polar surface area (TPSA) is 6.48 Å². The molecular formula is C88H64N2. The van der Waals surface area contributed by atoms with Crippen LogP contribution in [0.15, 0.2) is 291 Å². The van der Waals surface area contributed by atoms with Crippen LogP contribution in [-0.2, 0) is 10.8 Å². The van der Waals surface area contributed by atoms with Crippen molar-refractivity contribution in [3.8, 4) is 22.3 Å². The third-order valence-electron chi connectivity index (χ3n) is 19.7. The van der Waals surface area contributed by atoms with E-state index < -0.39 is 0 Å². The predicted octanol–water partition coefficient (Wildman–Crippen LogP) is 24.5. The Morgan fingerprint density at radius 1 is 0.222 bits per heavy atom. The van der Waals surface area contributed by atoms with Crippen molar-refractivity contribution in [1.82, 2.24) is 0 Å². The summed E-state index contributed by atoms with van der Waals surface area (Å²) in [5.74, 6) is 0. The van der Waals surface area contributed by atoms with E-state index in [0.717, 1.165) is 22.7 Å². The SMILES string of the molecule is CC1(C)c2cc(/C=C/c3ccc4c(ccc5cc(/C=C/c6ccc7c(c6)C(C)(C)c6cc(N(c8ccc9ccccc9c8)c8cccc9ccccc89)ccc6-7)ccc54)c3)ccc2-c2ccc(N(c3ccc4ccccc4c3)c3cccc4ccccc34)cc21. The largest absolute Gasteiger partial charge is 0.310 e. The molecule has 0 saturated carbocycles. The van der Waals surface area contributed by atoms with Crippen LogP contribution < -0.4 is 9.80 Å². The summed E-state index contributed by atoms with van der Waals surface area (Å²) >= 11 is 0. The maximum atomic E-state index is 2.45. The lowest BCUT2D eigenvalue weighted by Gasteiger charge is -2.29. The fourth-order valence-electron chi connectivity index (χ4n) is 15.0. The zero-order valence-corrected chi connectivity index (χ0v) is 50.9. The maximum Gasteiger partial charge on any atom is 0.0540 e. The van der Waals surface area contributed by atoms with E-state index in [4.69, 9.17) is 0 Å². The Hall–Kier alpha value is -11.1. The Morgan fingerprint density at radius 3 is 0.967 bits per heavy atom. The summed E-state index contributed by atoms with van der Waals surface area (Å²) in [5, 5.41) is 14.8. The molecule has 0 atom stereocenters. The minimum atomic E-state index is -0.209. The van der Waals surface area contributed by atoms with Crippen LogP contribution in [0.4, 0.5) is 34.1 Å². The van der Waals surface area contributed by atoms with Gasteiger partial charge in [0, 0.05) is 44.4 Å². The van der Waals surface area contributed by atoms with Gasteiger partial charge in [-0.25, -0.2) is 0 Å². The maximum absolute atomic E-state index is 2.45. The monoisotopic (exact) mass is 1150 g/mol. The van der Waals surface area contributed by atoms with Crippen LogP contribution >= 0.6 is 0 Å². The van der Waals surface area contributed by atoms with E-state index in [1.807, 2.05) is 0 Å². The van der Waals surface area contributed by atoms with Crippen LogP contribution in [0, 0.1) is 0 Å². The third kappa shape index (κ3) is 8.85. The summed E-state index contributed by atoms with van der Waals surface area (Å²) in [5.41, 5.74) is 21.9. The molecule has 2 aliphatic rings. The Morgan fingerprint density at radius 2 is 0.533 bits per heavy atom. The van der Waals surface area contributed by atoms with Gasteiger partial charge in [-0.1, -0.05) is 270 Å². The van der Waals surface area contributed by atoms with Gasteiger partial charge in [-0.2, -0.15) is 0 Å². The van der Waals surface area contributed by atoms with Crippen LogP contribution in [0.5, 0.6) is 0 Å². The molecule has 2 nitrogen and oxygen atoms in total. The summed E-state index contributed by atoms with van der Waals surface area (Å²) in [6, 6.07) is 108. The Kier molecular flexibility index (Phi) is 12.3. The van der Waals surface area contributed by atoms with Crippen molar-refractivity contribution < 1.29 is 0 Å². The average molecular weight is 1150 g/mol. The second-order valence-corrected chi connectivity index (χ2v) is 25.7. The molecule has 90 heavy (non-hydrogen) atoms. The van der Waals surface area contributed by atoms with Gasteiger partial charge in [-0.15, -0.1) is 0 Å². The van der Waals surface area contributed by atoms with Gasteiger partial charge < -0.3 is 9.80 Å². The first-order chi connectivity index (χ1) is 44.1. The van der Waals surface area contributed by atoms with Crippen LogP contribution in [0.2, 0.25) is 0 Å². The van der Waals surface area contributed by atoms with Crippen LogP contribution in [0.3, 0.4) is 0 Å². The molecule has 2 heteroatoms. The van der Waals surface area contributed by atoms with Crippen molar-refractivity contribution in [2.45, 2.75) is 38.5 Å². The second kappa shape index (κ2) is 20.8. The molecule has 0 unspecified atom stereocenters. The van der Waals surface area contributed by atoms with E-state index in [9.17, 15) is 0 Å². The van der Waals surface area contributed by atoms with Gasteiger partial charge in [-0.05, 0) is 193 Å². The molecule has 15 aromatic rings. The molecule has 0 bridgehead atoms. The molecule has 2 aliphatic carbocycles. The lowest BCUT2D eigenvalue weighted by atomic mass is 9.81. The molecule has 426 valence electrons. The highest BCUT2D eigenvalue weighted by Crippen LogP contribution is 2.54. The summed E-state index contributed by atoms with van der Waals surface area (Å²) in [6.45, 7) is 9.55. The second-order valence-electron chi connectivity index (χ2n) is 25.7. The van der Waals surface area contributed by atoms with E-state index in [1.54, 1.807) is 0 Å². The first kappa shape index (κ1) is 53.2. The van der Waals surface area contributed by atoms with Crippen molar-refractivity contribution in [1.29, 1.82) is 0 Å². The summed E-state index contributed by atoms with van der Waals surface area (Å²) < 4.78 is 0. The van der Waals surface area contributed by atoms with Crippen molar-refractivity contribution in [2.75, 3.05) is 9.80 Å². The highest BCUT2D eigenvalue weighted by molar-refractivity contribution is 6.09. The molecule has 0 aliphatic heterocycles. The van der Waals surface area contributed by atoms with Crippen molar-refractivity contribution in [3.05, 3.63) is 336 Å². The van der Waals surface area contributed by atoms with Gasteiger partial charge in [0.15, 0.2) is 0 Å². The molecule has 0 N–H and O–H groups in total. The van der Waals surface area contributed by atoms with Gasteiger partial charge >= 0.3 is 0 Å². The normalized spacial score (nSPS) is 13.6. The van der Waals surface area contributed by atoms with Crippen molar-refractivity contribution >= 4 is 123 Å². The Labute approximate surface area is 526 Å². The molecule has 0 heterocycles.